The van der Waals surface area contributed by atoms with E-state index in [1.54, 1.807) is 7.05 Å². The Morgan fingerprint density at radius 3 is 2.36 bits per heavy atom. The van der Waals surface area contributed by atoms with Crippen LogP contribution in [-0.2, 0) is 9.47 Å². The highest BCUT2D eigenvalue weighted by Gasteiger charge is 2.26. The van der Waals surface area contributed by atoms with Crippen molar-refractivity contribution in [1.82, 2.24) is 4.90 Å². The van der Waals surface area contributed by atoms with Crippen molar-refractivity contribution in [3.8, 4) is 0 Å². The zero-order valence-corrected chi connectivity index (χ0v) is 19.2. The van der Waals surface area contributed by atoms with Crippen LogP contribution in [0, 0.1) is 5.92 Å². The van der Waals surface area contributed by atoms with Gasteiger partial charge in [0.25, 0.3) is 0 Å². The lowest BCUT2D eigenvalue weighted by Gasteiger charge is -2.28. The number of rotatable bonds is 8. The van der Waals surface area contributed by atoms with Crippen molar-refractivity contribution in [1.29, 1.82) is 0 Å². The minimum atomic E-state index is -0.564. The SMILES string of the molecule is CCOC(=S)SC(CC(C)C(=O)c1ccccc1)CN(C)C(=O)OC(C)(C)C. The molecule has 0 aliphatic rings. The van der Waals surface area contributed by atoms with Crippen LogP contribution in [0.15, 0.2) is 30.3 Å². The molecule has 2 unspecified atom stereocenters. The minimum absolute atomic E-state index is 0.0773. The van der Waals surface area contributed by atoms with Crippen LogP contribution >= 0.6 is 24.0 Å². The van der Waals surface area contributed by atoms with E-state index in [1.165, 1.54) is 16.7 Å². The molecule has 1 rings (SSSR count). The van der Waals surface area contributed by atoms with Crippen LogP contribution in [0.1, 0.15) is 51.4 Å². The minimum Gasteiger partial charge on any atom is -0.479 e. The predicted octanol–water partition coefficient (Wildman–Crippen LogP) is 5.19. The van der Waals surface area contributed by atoms with Crippen molar-refractivity contribution in [3.63, 3.8) is 0 Å². The molecule has 28 heavy (non-hydrogen) atoms. The Kier molecular flexibility index (Phi) is 9.96. The third-order valence-electron chi connectivity index (χ3n) is 3.83. The van der Waals surface area contributed by atoms with Crippen molar-refractivity contribution in [3.05, 3.63) is 35.9 Å². The molecule has 1 aromatic rings. The number of carbonyl (C=O) groups is 2. The molecule has 0 saturated carbocycles. The molecule has 7 heteroatoms. The van der Waals surface area contributed by atoms with E-state index in [2.05, 4.69) is 0 Å². The van der Waals surface area contributed by atoms with E-state index < -0.39 is 11.7 Å². The van der Waals surface area contributed by atoms with Crippen LogP contribution in [0.3, 0.4) is 0 Å². The van der Waals surface area contributed by atoms with Gasteiger partial charge in [-0.1, -0.05) is 49.0 Å². The smallest absolute Gasteiger partial charge is 0.410 e. The number of ketones is 1. The summed E-state index contributed by atoms with van der Waals surface area (Å²) in [6.45, 7) is 10.1. The van der Waals surface area contributed by atoms with Crippen molar-refractivity contribution in [2.45, 2.75) is 51.9 Å². The lowest BCUT2D eigenvalue weighted by molar-refractivity contribution is 0.0298. The fourth-order valence-electron chi connectivity index (χ4n) is 2.56. The first-order chi connectivity index (χ1) is 13.0. The molecule has 5 nitrogen and oxygen atoms in total. The van der Waals surface area contributed by atoms with E-state index in [9.17, 15) is 9.59 Å². The Labute approximate surface area is 178 Å². The van der Waals surface area contributed by atoms with E-state index in [0.29, 0.717) is 29.5 Å². The normalized spacial score (nSPS) is 13.4. The molecule has 0 saturated heterocycles. The second-order valence-corrected chi connectivity index (χ2v) is 9.55. The Morgan fingerprint density at radius 2 is 1.82 bits per heavy atom. The van der Waals surface area contributed by atoms with Crippen molar-refractivity contribution >= 4 is 40.2 Å². The molecule has 0 bridgehead atoms. The first-order valence-corrected chi connectivity index (χ1v) is 10.7. The third-order valence-corrected chi connectivity index (χ3v) is 5.22. The van der Waals surface area contributed by atoms with Crippen LogP contribution in [0.4, 0.5) is 4.79 Å². The number of thiocarbonyl (C=S) groups is 1. The van der Waals surface area contributed by atoms with E-state index in [1.807, 2.05) is 65.0 Å². The third kappa shape index (κ3) is 9.06. The van der Waals surface area contributed by atoms with Gasteiger partial charge in [-0.2, -0.15) is 0 Å². The molecule has 1 aromatic carbocycles. The molecular weight excluding hydrogens is 394 g/mol. The largest absolute Gasteiger partial charge is 0.479 e. The molecule has 0 aliphatic heterocycles. The molecule has 1 amide bonds. The second kappa shape index (κ2) is 11.4. The van der Waals surface area contributed by atoms with E-state index in [-0.39, 0.29) is 17.0 Å². The van der Waals surface area contributed by atoms with E-state index in [4.69, 9.17) is 21.7 Å². The molecule has 0 heterocycles. The van der Waals surface area contributed by atoms with Gasteiger partial charge in [0.2, 0.25) is 4.38 Å². The highest BCUT2D eigenvalue weighted by Crippen LogP contribution is 2.25. The summed E-state index contributed by atoms with van der Waals surface area (Å²) < 4.78 is 11.2. The van der Waals surface area contributed by atoms with Gasteiger partial charge in [-0.25, -0.2) is 4.79 Å². The van der Waals surface area contributed by atoms with Crippen LogP contribution in [-0.4, -0.2) is 52.2 Å². The molecule has 2 atom stereocenters. The highest BCUT2D eigenvalue weighted by atomic mass is 32.2. The maximum Gasteiger partial charge on any atom is 0.410 e. The van der Waals surface area contributed by atoms with Crippen LogP contribution in [0.5, 0.6) is 0 Å². The number of amides is 1. The molecule has 0 radical (unpaired) electrons. The highest BCUT2D eigenvalue weighted by molar-refractivity contribution is 8.23. The lowest BCUT2D eigenvalue weighted by atomic mass is 9.95. The van der Waals surface area contributed by atoms with Crippen molar-refractivity contribution in [2.24, 2.45) is 5.92 Å². The summed E-state index contributed by atoms with van der Waals surface area (Å²) >= 11 is 6.65. The number of thioether (sulfide) groups is 1. The van der Waals surface area contributed by atoms with Gasteiger partial charge < -0.3 is 14.4 Å². The first kappa shape index (κ1) is 24.4. The summed E-state index contributed by atoms with van der Waals surface area (Å²) in [6.07, 6.45) is 0.168. The van der Waals surface area contributed by atoms with Gasteiger partial charge >= 0.3 is 6.09 Å². The lowest BCUT2D eigenvalue weighted by Crippen LogP contribution is -2.38. The summed E-state index contributed by atoms with van der Waals surface area (Å²) in [6, 6.07) is 9.23. The zero-order chi connectivity index (χ0) is 21.3. The van der Waals surface area contributed by atoms with Gasteiger partial charge in [0.05, 0.1) is 6.61 Å². The van der Waals surface area contributed by atoms with Gasteiger partial charge in [-0.15, -0.1) is 0 Å². The zero-order valence-electron chi connectivity index (χ0n) is 17.6. The predicted molar refractivity (Wildman–Crippen MR) is 119 cm³/mol. The summed E-state index contributed by atoms with van der Waals surface area (Å²) in [5, 5.41) is -0.0840. The number of Topliss-reactive ketones (excluding diaryl/α,β-unsaturated/α-hetero) is 1. The fraction of sp³-hybridized carbons (Fsp3) is 0.571. The Balaban J connectivity index is 2.82. The van der Waals surface area contributed by atoms with E-state index >= 15 is 0 Å². The molecule has 0 N–H and O–H groups in total. The number of hydrogen-bond acceptors (Lipinski definition) is 6. The van der Waals surface area contributed by atoms with Gasteiger partial charge in [-0.05, 0) is 46.3 Å². The second-order valence-electron chi connectivity index (χ2n) is 7.65. The Bertz CT molecular complexity index is 658. The summed E-state index contributed by atoms with van der Waals surface area (Å²) in [7, 11) is 1.69. The number of hydrogen-bond donors (Lipinski definition) is 0. The van der Waals surface area contributed by atoms with Crippen LogP contribution in [0.2, 0.25) is 0 Å². The molecule has 156 valence electrons. The standard InChI is InChI=1S/C21H31NO4S2/c1-7-25-20(27)28-17(14-22(6)19(24)26-21(3,4)5)13-15(2)18(23)16-11-9-8-10-12-16/h8-12,15,17H,7,13-14H2,1-6H3. The maximum absolute atomic E-state index is 12.7. The molecular formula is C21H31NO4S2. The summed E-state index contributed by atoms with van der Waals surface area (Å²) in [5.74, 6) is -0.134. The fourth-order valence-corrected chi connectivity index (χ4v) is 4.22. The van der Waals surface area contributed by atoms with Gasteiger partial charge in [-0.3, -0.25) is 4.79 Å². The quantitative estimate of drug-likeness (QED) is 0.422. The van der Waals surface area contributed by atoms with E-state index in [0.717, 1.165) is 0 Å². The maximum atomic E-state index is 12.7. The summed E-state index contributed by atoms with van der Waals surface area (Å²) in [5.41, 5.74) is 0.122. The number of carbonyl (C=O) groups excluding carboxylic acids is 2. The average Bonchev–Trinajstić information content (AvgIpc) is 2.60. The average molecular weight is 426 g/mol. The Hall–Kier alpha value is -1.60. The van der Waals surface area contributed by atoms with Crippen molar-refractivity contribution in [2.75, 3.05) is 20.2 Å². The van der Waals surface area contributed by atoms with Gasteiger partial charge in [0.1, 0.15) is 5.60 Å². The van der Waals surface area contributed by atoms with Crippen molar-refractivity contribution < 1.29 is 19.1 Å². The molecule has 0 fully saturated rings. The molecule has 0 spiro atoms. The number of benzene rings is 1. The first-order valence-electron chi connectivity index (χ1n) is 9.40. The number of ether oxygens (including phenoxy) is 2. The topological polar surface area (TPSA) is 55.8 Å². The monoisotopic (exact) mass is 425 g/mol. The van der Waals surface area contributed by atoms with Crippen LogP contribution in [0.25, 0.3) is 0 Å². The number of nitrogens with zero attached hydrogens (tertiary/aromatic N) is 1. The van der Waals surface area contributed by atoms with Gasteiger partial charge in [0.15, 0.2) is 5.78 Å². The molecule has 0 aliphatic carbocycles. The van der Waals surface area contributed by atoms with Gasteiger partial charge in [0, 0.05) is 30.3 Å². The van der Waals surface area contributed by atoms with Crippen LogP contribution < -0.4 is 0 Å². The molecule has 0 aromatic heterocycles. The summed E-state index contributed by atoms with van der Waals surface area (Å²) in [4.78, 5) is 26.6. The Morgan fingerprint density at radius 1 is 1.21 bits per heavy atom.